The van der Waals surface area contributed by atoms with E-state index in [-0.39, 0.29) is 0 Å². The van der Waals surface area contributed by atoms with E-state index in [1.807, 2.05) is 0 Å². The zero-order valence-electron chi connectivity index (χ0n) is 9.99. The van der Waals surface area contributed by atoms with E-state index in [0.29, 0.717) is 17.6 Å². The summed E-state index contributed by atoms with van der Waals surface area (Å²) in [5.74, 6) is 1.53. The molecular formula is C15H20O. The molecular weight excluding hydrogens is 196 g/mol. The van der Waals surface area contributed by atoms with Gasteiger partial charge in [0.05, 0.1) is 0 Å². The highest BCUT2D eigenvalue weighted by atomic mass is 16.1. The quantitative estimate of drug-likeness (QED) is 0.748. The van der Waals surface area contributed by atoms with Crippen LogP contribution in [0.4, 0.5) is 0 Å². The Hall–Kier alpha value is -1.11. The molecule has 16 heavy (non-hydrogen) atoms. The van der Waals surface area contributed by atoms with Gasteiger partial charge < -0.3 is 4.79 Å². The Kier molecular flexibility index (Phi) is 3.76. The van der Waals surface area contributed by atoms with Gasteiger partial charge in [0.1, 0.15) is 5.78 Å². The predicted octanol–water partition coefficient (Wildman–Crippen LogP) is 3.94. The van der Waals surface area contributed by atoms with Crippen LogP contribution in [0.5, 0.6) is 0 Å². The van der Waals surface area contributed by atoms with Gasteiger partial charge in [-0.15, -0.1) is 0 Å². The highest BCUT2D eigenvalue weighted by Crippen LogP contribution is 2.39. The van der Waals surface area contributed by atoms with Crippen LogP contribution in [-0.2, 0) is 4.79 Å². The minimum atomic E-state index is 0.341. The van der Waals surface area contributed by atoms with Crippen molar-refractivity contribution in [3.05, 3.63) is 35.9 Å². The van der Waals surface area contributed by atoms with Crippen molar-refractivity contribution in [2.75, 3.05) is 0 Å². The minimum Gasteiger partial charge on any atom is -0.300 e. The van der Waals surface area contributed by atoms with E-state index in [0.717, 1.165) is 6.42 Å². The predicted molar refractivity (Wildman–Crippen MR) is 66.4 cm³/mol. The summed E-state index contributed by atoms with van der Waals surface area (Å²) in [6.45, 7) is 1.72. The molecule has 2 unspecified atom stereocenters. The molecule has 2 atom stereocenters. The molecule has 0 saturated heterocycles. The smallest absolute Gasteiger partial charge is 0.130 e. The van der Waals surface area contributed by atoms with Gasteiger partial charge in [-0.3, -0.25) is 0 Å². The van der Waals surface area contributed by atoms with Gasteiger partial charge in [0.25, 0.3) is 0 Å². The standard InChI is InChI=1S/C15H20O/c1-12(16)11-14-9-5-6-10-15(14)13-7-3-2-4-8-13/h2-4,7-8,14-15H,5-6,9-11H2,1H3. The fraction of sp³-hybridized carbons (Fsp3) is 0.533. The Morgan fingerprint density at radius 1 is 1.19 bits per heavy atom. The van der Waals surface area contributed by atoms with Crippen molar-refractivity contribution in [2.45, 2.75) is 44.9 Å². The molecule has 0 aromatic heterocycles. The van der Waals surface area contributed by atoms with Crippen molar-refractivity contribution in [1.82, 2.24) is 0 Å². The molecule has 0 bridgehead atoms. The zero-order chi connectivity index (χ0) is 11.4. The van der Waals surface area contributed by atoms with Crippen LogP contribution in [0, 0.1) is 5.92 Å². The van der Waals surface area contributed by atoms with Gasteiger partial charge in [0, 0.05) is 6.42 Å². The van der Waals surface area contributed by atoms with Crippen molar-refractivity contribution < 1.29 is 4.79 Å². The van der Waals surface area contributed by atoms with Crippen LogP contribution < -0.4 is 0 Å². The van der Waals surface area contributed by atoms with E-state index in [1.54, 1.807) is 6.92 Å². The number of carbonyl (C=O) groups excluding carboxylic acids is 1. The van der Waals surface area contributed by atoms with E-state index in [9.17, 15) is 4.79 Å². The Morgan fingerprint density at radius 3 is 2.56 bits per heavy atom. The topological polar surface area (TPSA) is 17.1 Å². The number of carbonyl (C=O) groups is 1. The normalized spacial score (nSPS) is 25.3. The summed E-state index contributed by atoms with van der Waals surface area (Å²) in [6.07, 6.45) is 5.84. The fourth-order valence-electron chi connectivity index (χ4n) is 2.96. The molecule has 1 fully saturated rings. The molecule has 1 heteroatoms. The van der Waals surface area contributed by atoms with Crippen molar-refractivity contribution >= 4 is 5.78 Å². The summed E-state index contributed by atoms with van der Waals surface area (Å²) in [7, 11) is 0. The SMILES string of the molecule is CC(=O)CC1CCCCC1c1ccccc1. The van der Waals surface area contributed by atoms with Crippen molar-refractivity contribution in [3.63, 3.8) is 0 Å². The van der Waals surface area contributed by atoms with Gasteiger partial charge in [-0.25, -0.2) is 0 Å². The van der Waals surface area contributed by atoms with Crippen LogP contribution in [-0.4, -0.2) is 5.78 Å². The van der Waals surface area contributed by atoms with Crippen LogP contribution in [0.1, 0.15) is 50.5 Å². The lowest BCUT2D eigenvalue weighted by molar-refractivity contribution is -0.118. The Bertz CT molecular complexity index is 342. The van der Waals surface area contributed by atoms with Crippen LogP contribution in [0.2, 0.25) is 0 Å². The van der Waals surface area contributed by atoms with Gasteiger partial charge in [-0.2, -0.15) is 0 Å². The first-order chi connectivity index (χ1) is 7.77. The van der Waals surface area contributed by atoms with E-state index in [1.165, 1.54) is 31.2 Å². The zero-order valence-corrected chi connectivity index (χ0v) is 9.99. The second kappa shape index (κ2) is 5.29. The van der Waals surface area contributed by atoms with E-state index in [4.69, 9.17) is 0 Å². The molecule has 0 N–H and O–H groups in total. The molecule has 1 nitrogen and oxygen atoms in total. The maximum atomic E-state index is 11.3. The molecule has 1 aliphatic rings. The molecule has 0 spiro atoms. The van der Waals surface area contributed by atoms with Crippen molar-refractivity contribution in [2.24, 2.45) is 5.92 Å². The third-order valence-corrected chi connectivity index (χ3v) is 3.69. The molecule has 2 rings (SSSR count). The average molecular weight is 216 g/mol. The molecule has 0 radical (unpaired) electrons. The van der Waals surface area contributed by atoms with Gasteiger partial charge >= 0.3 is 0 Å². The van der Waals surface area contributed by atoms with Crippen LogP contribution >= 0.6 is 0 Å². The van der Waals surface area contributed by atoms with Gasteiger partial charge in [0.15, 0.2) is 0 Å². The summed E-state index contributed by atoms with van der Waals surface area (Å²) >= 11 is 0. The summed E-state index contributed by atoms with van der Waals surface area (Å²) in [5, 5.41) is 0. The molecule has 1 aromatic carbocycles. The highest BCUT2D eigenvalue weighted by molar-refractivity contribution is 5.75. The second-order valence-corrected chi connectivity index (χ2v) is 4.97. The molecule has 0 amide bonds. The first kappa shape index (κ1) is 11.4. The largest absolute Gasteiger partial charge is 0.300 e. The molecule has 86 valence electrons. The summed E-state index contributed by atoms with van der Waals surface area (Å²) in [4.78, 5) is 11.3. The fourth-order valence-corrected chi connectivity index (χ4v) is 2.96. The Labute approximate surface area is 97.9 Å². The van der Waals surface area contributed by atoms with Crippen molar-refractivity contribution in [3.8, 4) is 0 Å². The third-order valence-electron chi connectivity index (χ3n) is 3.69. The average Bonchev–Trinajstić information content (AvgIpc) is 2.30. The lowest BCUT2D eigenvalue weighted by Gasteiger charge is -2.31. The number of hydrogen-bond acceptors (Lipinski definition) is 1. The number of Topliss-reactive ketones (excluding diaryl/α,β-unsaturated/α-hetero) is 1. The molecule has 0 heterocycles. The lowest BCUT2D eigenvalue weighted by atomic mass is 9.73. The summed E-state index contributed by atoms with van der Waals surface area (Å²) < 4.78 is 0. The molecule has 0 aliphatic heterocycles. The van der Waals surface area contributed by atoms with Crippen LogP contribution in [0.25, 0.3) is 0 Å². The Morgan fingerprint density at radius 2 is 1.88 bits per heavy atom. The van der Waals surface area contributed by atoms with Crippen LogP contribution in [0.3, 0.4) is 0 Å². The lowest BCUT2D eigenvalue weighted by Crippen LogP contribution is -2.20. The summed E-state index contributed by atoms with van der Waals surface area (Å²) in [6, 6.07) is 10.7. The monoisotopic (exact) mass is 216 g/mol. The van der Waals surface area contributed by atoms with Crippen LogP contribution in [0.15, 0.2) is 30.3 Å². The number of hydrogen-bond donors (Lipinski definition) is 0. The van der Waals surface area contributed by atoms with Gasteiger partial charge in [0.2, 0.25) is 0 Å². The third kappa shape index (κ3) is 2.72. The number of benzene rings is 1. The van der Waals surface area contributed by atoms with Gasteiger partial charge in [-0.1, -0.05) is 43.2 Å². The molecule has 1 aliphatic carbocycles. The van der Waals surface area contributed by atoms with Crippen molar-refractivity contribution in [1.29, 1.82) is 0 Å². The van der Waals surface area contributed by atoms with E-state index < -0.39 is 0 Å². The molecule has 1 saturated carbocycles. The second-order valence-electron chi connectivity index (χ2n) is 4.97. The van der Waals surface area contributed by atoms with E-state index in [2.05, 4.69) is 30.3 Å². The van der Waals surface area contributed by atoms with E-state index >= 15 is 0 Å². The number of rotatable bonds is 3. The molecule has 1 aromatic rings. The maximum absolute atomic E-state index is 11.3. The van der Waals surface area contributed by atoms with Gasteiger partial charge in [-0.05, 0) is 37.2 Å². The first-order valence-electron chi connectivity index (χ1n) is 6.32. The Balaban J connectivity index is 2.13. The maximum Gasteiger partial charge on any atom is 0.130 e. The summed E-state index contributed by atoms with van der Waals surface area (Å²) in [5.41, 5.74) is 1.42. The number of ketones is 1. The minimum absolute atomic E-state index is 0.341. The highest BCUT2D eigenvalue weighted by Gasteiger charge is 2.26. The first-order valence-corrected chi connectivity index (χ1v) is 6.32.